The van der Waals surface area contributed by atoms with Crippen molar-refractivity contribution < 1.29 is 9.53 Å². The van der Waals surface area contributed by atoms with E-state index in [0.29, 0.717) is 12.2 Å². The zero-order valence-corrected chi connectivity index (χ0v) is 14.5. The van der Waals surface area contributed by atoms with Gasteiger partial charge in [0.1, 0.15) is 18.2 Å². The van der Waals surface area contributed by atoms with E-state index in [0.717, 1.165) is 36.5 Å². The number of nitrogens with one attached hydrogen (secondary N) is 1. The number of carbonyl (C=O) groups is 1. The number of aryl methyl sites for hydroxylation is 1. The predicted octanol–water partition coefficient (Wildman–Crippen LogP) is 3.21. The fourth-order valence-corrected chi connectivity index (χ4v) is 3.19. The van der Waals surface area contributed by atoms with E-state index >= 15 is 0 Å². The molecule has 0 aliphatic carbocycles. The highest BCUT2D eigenvalue weighted by molar-refractivity contribution is 5.94. The van der Waals surface area contributed by atoms with E-state index in [-0.39, 0.29) is 11.9 Å². The van der Waals surface area contributed by atoms with Crippen LogP contribution in [0.1, 0.15) is 28.2 Å². The Hall–Kier alpha value is -3.08. The standard InChI is InChI=1S/C21H21N3O2/c25-21(23-18-10-11-20-22-12-13-24(20)14-18)17-8-6-16(7-9-17)15-26-19-4-2-1-3-5-19/h1-9,12-13,18H,10-11,14-15H2,(H,23,25). The van der Waals surface area contributed by atoms with Crippen molar-refractivity contribution in [2.24, 2.45) is 0 Å². The third-order valence-electron chi connectivity index (χ3n) is 4.64. The van der Waals surface area contributed by atoms with E-state index in [1.54, 1.807) is 0 Å². The molecule has 1 atom stereocenters. The fraction of sp³-hybridized carbons (Fsp3) is 0.238. The molecule has 4 rings (SSSR count). The fourth-order valence-electron chi connectivity index (χ4n) is 3.19. The molecule has 0 spiro atoms. The number of fused-ring (bicyclic) bond motifs is 1. The zero-order valence-electron chi connectivity index (χ0n) is 14.5. The quantitative estimate of drug-likeness (QED) is 0.771. The van der Waals surface area contributed by atoms with E-state index < -0.39 is 0 Å². The highest BCUT2D eigenvalue weighted by atomic mass is 16.5. The lowest BCUT2D eigenvalue weighted by Gasteiger charge is -2.24. The maximum atomic E-state index is 12.5. The van der Waals surface area contributed by atoms with Crippen molar-refractivity contribution in [2.45, 2.75) is 32.0 Å². The molecule has 3 aromatic rings. The van der Waals surface area contributed by atoms with Gasteiger partial charge in [0.2, 0.25) is 0 Å². The number of para-hydroxylation sites is 1. The lowest BCUT2D eigenvalue weighted by atomic mass is 10.1. The Bertz CT molecular complexity index is 872. The van der Waals surface area contributed by atoms with E-state index in [4.69, 9.17) is 4.74 Å². The second-order valence-electron chi connectivity index (χ2n) is 6.50. The number of aromatic nitrogens is 2. The molecule has 0 radical (unpaired) electrons. The first kappa shape index (κ1) is 16.4. The molecule has 1 N–H and O–H groups in total. The third-order valence-corrected chi connectivity index (χ3v) is 4.64. The first-order valence-corrected chi connectivity index (χ1v) is 8.85. The number of nitrogens with zero attached hydrogens (tertiary/aromatic N) is 2. The summed E-state index contributed by atoms with van der Waals surface area (Å²) < 4.78 is 7.84. The molecular weight excluding hydrogens is 326 g/mol. The molecule has 2 aromatic carbocycles. The van der Waals surface area contributed by atoms with E-state index in [2.05, 4.69) is 14.9 Å². The lowest BCUT2D eigenvalue weighted by molar-refractivity contribution is 0.0927. The first-order valence-electron chi connectivity index (χ1n) is 8.85. The van der Waals surface area contributed by atoms with Crippen LogP contribution in [-0.4, -0.2) is 21.5 Å². The summed E-state index contributed by atoms with van der Waals surface area (Å²) in [5.41, 5.74) is 1.70. The normalized spacial score (nSPS) is 15.9. The Morgan fingerprint density at radius 3 is 2.77 bits per heavy atom. The number of benzene rings is 2. The van der Waals surface area contributed by atoms with Crippen molar-refractivity contribution in [1.82, 2.24) is 14.9 Å². The molecule has 0 fully saturated rings. The molecule has 1 aliphatic rings. The summed E-state index contributed by atoms with van der Waals surface area (Å²) in [6.07, 6.45) is 5.60. The molecule has 1 amide bonds. The Kier molecular flexibility index (Phi) is 4.69. The molecule has 5 heteroatoms. The minimum atomic E-state index is -0.0332. The molecule has 1 aliphatic heterocycles. The largest absolute Gasteiger partial charge is 0.489 e. The van der Waals surface area contributed by atoms with Crippen LogP contribution in [-0.2, 0) is 19.6 Å². The molecule has 0 bridgehead atoms. The molecular formula is C21H21N3O2. The second kappa shape index (κ2) is 7.44. The van der Waals surface area contributed by atoms with Crippen LogP contribution in [0.2, 0.25) is 0 Å². The maximum Gasteiger partial charge on any atom is 0.251 e. The molecule has 1 aromatic heterocycles. The highest BCUT2D eigenvalue weighted by Crippen LogP contribution is 2.15. The Balaban J connectivity index is 1.32. The van der Waals surface area contributed by atoms with Crippen molar-refractivity contribution in [3.05, 3.63) is 83.9 Å². The number of amides is 1. The highest BCUT2D eigenvalue weighted by Gasteiger charge is 2.20. The molecule has 0 saturated heterocycles. The van der Waals surface area contributed by atoms with Gasteiger partial charge in [-0.25, -0.2) is 4.98 Å². The van der Waals surface area contributed by atoms with E-state index in [9.17, 15) is 4.79 Å². The van der Waals surface area contributed by atoms with Gasteiger partial charge < -0.3 is 14.6 Å². The van der Waals surface area contributed by atoms with Gasteiger partial charge in [-0.2, -0.15) is 0 Å². The number of rotatable bonds is 5. The number of ether oxygens (including phenoxy) is 1. The van der Waals surface area contributed by atoms with Gasteiger partial charge in [-0.3, -0.25) is 4.79 Å². The molecule has 132 valence electrons. The Labute approximate surface area is 152 Å². The molecule has 5 nitrogen and oxygen atoms in total. The number of hydrogen-bond donors (Lipinski definition) is 1. The zero-order chi connectivity index (χ0) is 17.8. The second-order valence-corrected chi connectivity index (χ2v) is 6.50. The van der Waals surface area contributed by atoms with Gasteiger partial charge in [-0.05, 0) is 36.2 Å². The average molecular weight is 347 g/mol. The van der Waals surface area contributed by atoms with Gasteiger partial charge in [-0.1, -0.05) is 30.3 Å². The Morgan fingerprint density at radius 1 is 1.15 bits per heavy atom. The molecule has 0 saturated carbocycles. The van der Waals surface area contributed by atoms with Crippen molar-refractivity contribution in [3.63, 3.8) is 0 Å². The first-order chi connectivity index (χ1) is 12.8. The smallest absolute Gasteiger partial charge is 0.251 e. The minimum absolute atomic E-state index is 0.0332. The average Bonchev–Trinajstić information content (AvgIpc) is 3.15. The van der Waals surface area contributed by atoms with Crippen molar-refractivity contribution in [1.29, 1.82) is 0 Å². The SMILES string of the molecule is O=C(NC1CCc2nccn2C1)c1ccc(COc2ccccc2)cc1. The van der Waals surface area contributed by atoms with Crippen LogP contribution in [0.4, 0.5) is 0 Å². The summed E-state index contributed by atoms with van der Waals surface area (Å²) >= 11 is 0. The van der Waals surface area contributed by atoms with Crippen molar-refractivity contribution in [3.8, 4) is 5.75 Å². The van der Waals surface area contributed by atoms with Crippen LogP contribution < -0.4 is 10.1 Å². The third kappa shape index (κ3) is 3.77. The van der Waals surface area contributed by atoms with Crippen LogP contribution >= 0.6 is 0 Å². The number of imidazole rings is 1. The Morgan fingerprint density at radius 2 is 1.96 bits per heavy atom. The summed E-state index contributed by atoms with van der Waals surface area (Å²) in [6, 6.07) is 17.4. The maximum absolute atomic E-state index is 12.5. The van der Waals surface area contributed by atoms with E-state index in [1.807, 2.05) is 67.0 Å². The summed E-state index contributed by atoms with van der Waals surface area (Å²) in [6.45, 7) is 1.27. The summed E-state index contributed by atoms with van der Waals surface area (Å²) in [4.78, 5) is 16.8. The van der Waals surface area contributed by atoms with Gasteiger partial charge in [0, 0.05) is 37.0 Å². The topological polar surface area (TPSA) is 56.2 Å². The van der Waals surface area contributed by atoms with Crippen molar-refractivity contribution >= 4 is 5.91 Å². The monoisotopic (exact) mass is 347 g/mol. The van der Waals surface area contributed by atoms with Crippen LogP contribution in [0.3, 0.4) is 0 Å². The number of hydrogen-bond acceptors (Lipinski definition) is 3. The van der Waals surface area contributed by atoms with Crippen LogP contribution in [0.25, 0.3) is 0 Å². The summed E-state index contributed by atoms with van der Waals surface area (Å²) in [5, 5.41) is 3.12. The van der Waals surface area contributed by atoms with Crippen LogP contribution in [0.15, 0.2) is 67.0 Å². The van der Waals surface area contributed by atoms with Gasteiger partial charge in [0.15, 0.2) is 0 Å². The number of carbonyl (C=O) groups excluding carboxylic acids is 1. The molecule has 2 heterocycles. The lowest BCUT2D eigenvalue weighted by Crippen LogP contribution is -2.40. The van der Waals surface area contributed by atoms with Crippen molar-refractivity contribution in [2.75, 3.05) is 0 Å². The summed E-state index contributed by atoms with van der Waals surface area (Å²) in [7, 11) is 0. The molecule has 1 unspecified atom stereocenters. The molecule has 26 heavy (non-hydrogen) atoms. The van der Waals surface area contributed by atoms with Gasteiger partial charge in [0.05, 0.1) is 0 Å². The van der Waals surface area contributed by atoms with Crippen LogP contribution in [0.5, 0.6) is 5.75 Å². The van der Waals surface area contributed by atoms with Gasteiger partial charge in [0.25, 0.3) is 5.91 Å². The minimum Gasteiger partial charge on any atom is -0.489 e. The predicted molar refractivity (Wildman–Crippen MR) is 99.0 cm³/mol. The summed E-state index contributed by atoms with van der Waals surface area (Å²) in [5.74, 6) is 1.90. The van der Waals surface area contributed by atoms with Crippen LogP contribution in [0, 0.1) is 0 Å². The van der Waals surface area contributed by atoms with E-state index in [1.165, 1.54) is 0 Å². The van der Waals surface area contributed by atoms with Gasteiger partial charge >= 0.3 is 0 Å². The van der Waals surface area contributed by atoms with Gasteiger partial charge in [-0.15, -0.1) is 0 Å².